The van der Waals surface area contributed by atoms with Crippen LogP contribution < -0.4 is 0 Å². The van der Waals surface area contributed by atoms with Gasteiger partial charge in [-0.1, -0.05) is 19.0 Å². The Labute approximate surface area is 59.4 Å². The van der Waals surface area contributed by atoms with Gasteiger partial charge in [-0.15, -0.1) is 0 Å². The van der Waals surface area contributed by atoms with Gasteiger partial charge in [-0.3, -0.25) is 0 Å². The maximum absolute atomic E-state index is 3.47. The second-order valence-corrected chi connectivity index (χ2v) is 11.9. The number of rotatable bonds is 0. The van der Waals surface area contributed by atoms with Gasteiger partial charge in [0.15, 0.2) is 0 Å². The molecule has 0 amide bonds. The Kier molecular flexibility index (Phi) is 1.65. The predicted molar refractivity (Wildman–Crippen MR) is 43.7 cm³/mol. The standard InChI is InChI=1S/C4H4Br2S/c5-7(6)3-1-2-4-7/h1-4H. The fourth-order valence-corrected chi connectivity index (χ4v) is 2.53. The van der Waals surface area contributed by atoms with Crippen LogP contribution in [0.5, 0.6) is 0 Å². The summed E-state index contributed by atoms with van der Waals surface area (Å²) in [4.78, 5) is 0. The molecule has 0 unspecified atom stereocenters. The van der Waals surface area contributed by atoms with Crippen LogP contribution in [0.15, 0.2) is 23.0 Å². The van der Waals surface area contributed by atoms with E-state index in [0.717, 1.165) is 0 Å². The van der Waals surface area contributed by atoms with Gasteiger partial charge in [0.25, 0.3) is 0 Å². The molecule has 0 aromatic heterocycles. The number of hydrogen-bond acceptors (Lipinski definition) is 0. The molecule has 3 heteroatoms. The predicted octanol–water partition coefficient (Wildman–Crippen LogP) is 3.45. The summed E-state index contributed by atoms with van der Waals surface area (Å²) in [7, 11) is 0. The summed E-state index contributed by atoms with van der Waals surface area (Å²) in [5.41, 5.74) is 0. The smallest absolute Gasteiger partial charge is 0.0128 e. The summed E-state index contributed by atoms with van der Waals surface area (Å²) in [5.74, 6) is 0. The van der Waals surface area contributed by atoms with E-state index >= 15 is 0 Å². The highest BCUT2D eigenvalue weighted by Crippen LogP contribution is 2.67. The van der Waals surface area contributed by atoms with E-state index in [0.29, 0.717) is 0 Å². The molecule has 0 radical (unpaired) electrons. The van der Waals surface area contributed by atoms with Crippen molar-refractivity contribution in [2.45, 2.75) is 0 Å². The van der Waals surface area contributed by atoms with Gasteiger partial charge in [-0.2, -0.15) is 0 Å². The molecule has 0 aliphatic carbocycles. The van der Waals surface area contributed by atoms with E-state index in [1.54, 1.807) is 0 Å². The van der Waals surface area contributed by atoms with E-state index in [9.17, 15) is 0 Å². The van der Waals surface area contributed by atoms with E-state index in [4.69, 9.17) is 0 Å². The number of hydrogen-bond donors (Lipinski definition) is 0. The van der Waals surface area contributed by atoms with Crippen molar-refractivity contribution in [3.63, 3.8) is 0 Å². The lowest BCUT2D eigenvalue weighted by atomic mass is 10.6. The number of halogens is 2. The normalized spacial score (nSPS) is 28.3. The summed E-state index contributed by atoms with van der Waals surface area (Å²) in [6.45, 7) is -0.782. The van der Waals surface area contributed by atoms with Crippen LogP contribution in [0, 0.1) is 0 Å². The van der Waals surface area contributed by atoms with Gasteiger partial charge in [-0.25, -0.2) is 0 Å². The van der Waals surface area contributed by atoms with E-state index in [-0.39, 0.29) is 0 Å². The molecular weight excluding hydrogens is 240 g/mol. The Balaban J connectivity index is 2.77. The second kappa shape index (κ2) is 1.96. The average molecular weight is 244 g/mol. The molecular formula is C4H4Br2S. The third-order valence-electron chi connectivity index (χ3n) is 0.631. The molecule has 1 rings (SSSR count). The van der Waals surface area contributed by atoms with Crippen LogP contribution in [0.1, 0.15) is 0 Å². The first-order chi connectivity index (χ1) is 3.21. The third-order valence-corrected chi connectivity index (χ3v) is 4.26. The van der Waals surface area contributed by atoms with Gasteiger partial charge in [-0.05, 0) is 40.4 Å². The van der Waals surface area contributed by atoms with Crippen molar-refractivity contribution in [3.8, 4) is 0 Å². The molecule has 0 bridgehead atoms. The van der Waals surface area contributed by atoms with Crippen LogP contribution >= 0.6 is 36.5 Å². The van der Waals surface area contributed by atoms with Crippen LogP contribution in [0.3, 0.4) is 0 Å². The van der Waals surface area contributed by atoms with E-state index in [1.165, 1.54) is 0 Å². The highest BCUT2D eigenvalue weighted by molar-refractivity contribution is 9.92. The summed E-state index contributed by atoms with van der Waals surface area (Å²) in [6.07, 6.45) is 4.05. The Morgan fingerprint density at radius 2 is 1.43 bits per heavy atom. The van der Waals surface area contributed by atoms with Gasteiger partial charge in [0.1, 0.15) is 0 Å². The Hall–Kier alpha value is 0.790. The first-order valence-corrected chi connectivity index (χ1v) is 7.22. The Bertz CT molecular complexity index is 112. The van der Waals surface area contributed by atoms with Crippen LogP contribution in [0.2, 0.25) is 0 Å². The maximum atomic E-state index is 3.47. The zero-order valence-corrected chi connectivity index (χ0v) is 7.46. The lowest BCUT2D eigenvalue weighted by Gasteiger charge is -2.09. The first kappa shape index (κ1) is 5.92. The van der Waals surface area contributed by atoms with Crippen LogP contribution in [0.4, 0.5) is 0 Å². The van der Waals surface area contributed by atoms with Crippen LogP contribution in [0.25, 0.3) is 0 Å². The lowest BCUT2D eigenvalue weighted by molar-refractivity contribution is 2.15. The molecule has 0 spiro atoms. The van der Waals surface area contributed by atoms with Crippen molar-refractivity contribution in [3.05, 3.63) is 23.0 Å². The fourth-order valence-electron chi connectivity index (χ4n) is 0.346. The highest BCUT2D eigenvalue weighted by atomic mass is 79.9. The van der Waals surface area contributed by atoms with Gasteiger partial charge in [0.2, 0.25) is 0 Å². The molecule has 0 nitrogen and oxygen atoms in total. The van der Waals surface area contributed by atoms with Crippen molar-refractivity contribution < 1.29 is 0 Å². The third kappa shape index (κ3) is 1.63. The summed E-state index contributed by atoms with van der Waals surface area (Å²) >= 11 is 6.94. The van der Waals surface area contributed by atoms with Crippen LogP contribution in [-0.4, -0.2) is 0 Å². The quantitative estimate of drug-likeness (QED) is 0.612. The monoisotopic (exact) mass is 242 g/mol. The average Bonchev–Trinajstić information content (AvgIpc) is 1.84. The van der Waals surface area contributed by atoms with Crippen LogP contribution in [-0.2, 0) is 0 Å². The molecule has 40 valence electrons. The zero-order chi connectivity index (χ0) is 5.33. The van der Waals surface area contributed by atoms with E-state index in [2.05, 4.69) is 40.4 Å². The molecule has 0 fully saturated rings. The molecule has 7 heavy (non-hydrogen) atoms. The van der Waals surface area contributed by atoms with Crippen molar-refractivity contribution in [1.82, 2.24) is 0 Å². The Morgan fingerprint density at radius 1 is 1.00 bits per heavy atom. The van der Waals surface area contributed by atoms with Crippen molar-refractivity contribution in [2.75, 3.05) is 0 Å². The molecule has 1 heterocycles. The van der Waals surface area contributed by atoms with Crippen molar-refractivity contribution in [1.29, 1.82) is 0 Å². The minimum atomic E-state index is -0.782. The molecule has 0 aromatic rings. The minimum absolute atomic E-state index is 0.782. The first-order valence-electron chi connectivity index (χ1n) is 1.78. The Morgan fingerprint density at radius 3 is 1.57 bits per heavy atom. The van der Waals surface area contributed by atoms with Gasteiger partial charge < -0.3 is 0 Å². The summed E-state index contributed by atoms with van der Waals surface area (Å²) < 4.78 is 0. The van der Waals surface area contributed by atoms with Crippen molar-refractivity contribution >= 4 is 36.5 Å². The molecule has 0 atom stereocenters. The lowest BCUT2D eigenvalue weighted by Crippen LogP contribution is -1.53. The largest absolute Gasteiger partial charge is 0.0833 e. The maximum Gasteiger partial charge on any atom is -0.0128 e. The molecule has 0 N–H and O–H groups in total. The molecule has 1 aliphatic heterocycles. The second-order valence-electron chi connectivity index (χ2n) is 1.21. The molecule has 0 saturated carbocycles. The zero-order valence-electron chi connectivity index (χ0n) is 3.47. The van der Waals surface area contributed by atoms with E-state index in [1.807, 2.05) is 12.2 Å². The SMILES string of the molecule is BrS1(Br)C=CC=C1. The van der Waals surface area contributed by atoms with Gasteiger partial charge in [0, 0.05) is 0 Å². The van der Waals surface area contributed by atoms with Gasteiger partial charge >= 0.3 is 0 Å². The van der Waals surface area contributed by atoms with Crippen molar-refractivity contribution in [2.24, 2.45) is 0 Å². The van der Waals surface area contributed by atoms with E-state index < -0.39 is 6.89 Å². The fraction of sp³-hybridized carbons (Fsp3) is 0. The number of allylic oxidation sites excluding steroid dienone is 2. The molecule has 1 aliphatic rings. The topological polar surface area (TPSA) is 0 Å². The summed E-state index contributed by atoms with van der Waals surface area (Å²) in [5, 5.41) is 4.21. The summed E-state index contributed by atoms with van der Waals surface area (Å²) in [6, 6.07) is 0. The van der Waals surface area contributed by atoms with Gasteiger partial charge in [0.05, 0.1) is 0 Å². The molecule has 0 aromatic carbocycles. The minimum Gasteiger partial charge on any atom is -0.0833 e. The highest BCUT2D eigenvalue weighted by Gasteiger charge is 2.08. The molecule has 0 saturated heterocycles.